The van der Waals surface area contributed by atoms with Crippen LogP contribution in [0.4, 0.5) is 0 Å². The van der Waals surface area contributed by atoms with Crippen LogP contribution in [0.3, 0.4) is 0 Å². The molecular formula is C7H7ClO2S. The zero-order valence-electron chi connectivity index (χ0n) is 5.96. The van der Waals surface area contributed by atoms with Crippen LogP contribution in [0.5, 0.6) is 0 Å². The molecule has 0 saturated carbocycles. The molecule has 0 aliphatic heterocycles. The monoisotopic (exact) mass is 190 g/mol. The third-order valence-electron chi connectivity index (χ3n) is 0.877. The van der Waals surface area contributed by atoms with E-state index in [-0.39, 0.29) is 4.86 Å². The van der Waals surface area contributed by atoms with Crippen molar-refractivity contribution in [3.8, 4) is 0 Å². The minimum atomic E-state index is -0.653. The highest BCUT2D eigenvalue weighted by atomic mass is 35.5. The maximum Gasteiger partial charge on any atom is 0.263 e. The van der Waals surface area contributed by atoms with Gasteiger partial charge in [0.1, 0.15) is 5.76 Å². The van der Waals surface area contributed by atoms with Gasteiger partial charge in [-0.25, -0.2) is 0 Å². The van der Waals surface area contributed by atoms with Gasteiger partial charge in [-0.05, 0) is 23.8 Å². The SMILES string of the molecule is C=C(/C=C\C(=S)C(=O)Cl)OC. The zero-order valence-corrected chi connectivity index (χ0v) is 7.54. The van der Waals surface area contributed by atoms with Crippen LogP contribution < -0.4 is 0 Å². The number of thiocarbonyl (C=S) groups is 1. The molecule has 0 aliphatic rings. The number of rotatable bonds is 4. The van der Waals surface area contributed by atoms with E-state index >= 15 is 0 Å². The van der Waals surface area contributed by atoms with E-state index in [9.17, 15) is 4.79 Å². The first kappa shape index (κ1) is 10.3. The molecule has 11 heavy (non-hydrogen) atoms. The van der Waals surface area contributed by atoms with E-state index in [0.717, 1.165) is 0 Å². The average molecular weight is 191 g/mol. The summed E-state index contributed by atoms with van der Waals surface area (Å²) in [7, 11) is 1.47. The Kier molecular flexibility index (Phi) is 4.74. The summed E-state index contributed by atoms with van der Waals surface area (Å²) >= 11 is 9.63. The van der Waals surface area contributed by atoms with Crippen molar-refractivity contribution in [2.45, 2.75) is 0 Å². The smallest absolute Gasteiger partial charge is 0.263 e. The third kappa shape index (κ3) is 4.70. The third-order valence-corrected chi connectivity index (χ3v) is 1.51. The van der Waals surface area contributed by atoms with Crippen molar-refractivity contribution in [2.24, 2.45) is 0 Å². The molecule has 0 radical (unpaired) electrons. The standard InChI is InChI=1S/C7H7ClO2S/c1-5(10-2)3-4-6(11)7(8)9/h3-4H,1H2,2H3/b4-3-. The van der Waals surface area contributed by atoms with E-state index in [1.807, 2.05) is 0 Å². The van der Waals surface area contributed by atoms with Crippen LogP contribution in [-0.2, 0) is 9.53 Å². The molecule has 0 spiro atoms. The van der Waals surface area contributed by atoms with E-state index in [1.165, 1.54) is 19.3 Å². The Morgan fingerprint density at radius 1 is 1.64 bits per heavy atom. The topological polar surface area (TPSA) is 26.3 Å². The molecule has 0 atom stereocenters. The molecule has 0 heterocycles. The fourth-order valence-corrected chi connectivity index (χ4v) is 0.433. The summed E-state index contributed by atoms with van der Waals surface area (Å²) in [5, 5.41) is -0.653. The average Bonchev–Trinajstić information content (AvgIpc) is 1.99. The second-order valence-corrected chi connectivity index (χ2v) is 2.42. The van der Waals surface area contributed by atoms with Crippen LogP contribution in [0.1, 0.15) is 0 Å². The maximum atomic E-state index is 10.3. The predicted octanol–water partition coefficient (Wildman–Crippen LogP) is 1.84. The zero-order chi connectivity index (χ0) is 8.85. The molecule has 0 saturated heterocycles. The molecule has 0 amide bonds. The Morgan fingerprint density at radius 3 is 2.55 bits per heavy atom. The number of hydrogen-bond acceptors (Lipinski definition) is 3. The number of carbonyl (C=O) groups is 1. The summed E-state index contributed by atoms with van der Waals surface area (Å²) in [6, 6.07) is 0. The number of allylic oxidation sites excluding steroid dienone is 2. The van der Waals surface area contributed by atoms with Gasteiger partial charge in [-0.1, -0.05) is 18.8 Å². The van der Waals surface area contributed by atoms with E-state index in [0.29, 0.717) is 5.76 Å². The quantitative estimate of drug-likeness (QED) is 0.223. The lowest BCUT2D eigenvalue weighted by Gasteiger charge is -1.94. The lowest BCUT2D eigenvalue weighted by molar-refractivity contribution is -0.106. The number of hydrogen-bond donors (Lipinski definition) is 0. The van der Waals surface area contributed by atoms with Crippen molar-refractivity contribution in [2.75, 3.05) is 7.11 Å². The summed E-state index contributed by atoms with van der Waals surface area (Å²) in [5.74, 6) is 0.422. The van der Waals surface area contributed by atoms with Crippen LogP contribution in [0.2, 0.25) is 0 Å². The van der Waals surface area contributed by atoms with Gasteiger partial charge < -0.3 is 4.74 Å². The van der Waals surface area contributed by atoms with Gasteiger partial charge in [0.05, 0.1) is 12.0 Å². The Bertz CT molecular complexity index is 220. The highest BCUT2D eigenvalue weighted by Crippen LogP contribution is 1.95. The van der Waals surface area contributed by atoms with Gasteiger partial charge in [0.2, 0.25) is 0 Å². The Labute approximate surface area is 75.5 Å². The van der Waals surface area contributed by atoms with Gasteiger partial charge in [-0.3, -0.25) is 4.79 Å². The van der Waals surface area contributed by atoms with Crippen LogP contribution in [0, 0.1) is 0 Å². The molecule has 0 N–H and O–H groups in total. The second kappa shape index (κ2) is 5.04. The van der Waals surface area contributed by atoms with E-state index in [2.05, 4.69) is 23.5 Å². The lowest BCUT2D eigenvalue weighted by Crippen LogP contribution is -1.98. The molecule has 0 aromatic rings. The number of methoxy groups -OCH3 is 1. The molecule has 4 heteroatoms. The second-order valence-electron chi connectivity index (χ2n) is 1.64. The van der Waals surface area contributed by atoms with Gasteiger partial charge in [-0.2, -0.15) is 0 Å². The summed E-state index contributed by atoms with van der Waals surface area (Å²) in [6.45, 7) is 3.48. The lowest BCUT2D eigenvalue weighted by atomic mass is 10.4. The van der Waals surface area contributed by atoms with Gasteiger partial charge in [-0.15, -0.1) is 0 Å². The van der Waals surface area contributed by atoms with Crippen molar-refractivity contribution in [3.05, 3.63) is 24.5 Å². The number of ether oxygens (including phenoxy) is 1. The molecule has 0 aromatic carbocycles. The summed E-state index contributed by atoms with van der Waals surface area (Å²) < 4.78 is 4.69. The van der Waals surface area contributed by atoms with Crippen molar-refractivity contribution < 1.29 is 9.53 Å². The van der Waals surface area contributed by atoms with Crippen LogP contribution in [-0.4, -0.2) is 17.2 Å². The van der Waals surface area contributed by atoms with Crippen LogP contribution >= 0.6 is 23.8 Å². The Hall–Kier alpha value is -0.670. The van der Waals surface area contributed by atoms with Crippen LogP contribution in [0.25, 0.3) is 0 Å². The van der Waals surface area contributed by atoms with Gasteiger partial charge in [0.15, 0.2) is 0 Å². The first-order chi connectivity index (χ1) is 5.07. The maximum absolute atomic E-state index is 10.3. The van der Waals surface area contributed by atoms with Crippen LogP contribution in [0.15, 0.2) is 24.5 Å². The summed E-state index contributed by atoms with van der Waals surface area (Å²) in [5.41, 5.74) is 0. The molecule has 0 aliphatic carbocycles. The molecule has 0 aromatic heterocycles. The highest BCUT2D eigenvalue weighted by molar-refractivity contribution is 7.83. The first-order valence-corrected chi connectivity index (χ1v) is 3.51. The van der Waals surface area contributed by atoms with Gasteiger partial charge >= 0.3 is 0 Å². The molecule has 0 rings (SSSR count). The minimum Gasteiger partial charge on any atom is -0.497 e. The molecule has 60 valence electrons. The van der Waals surface area contributed by atoms with E-state index in [1.54, 1.807) is 0 Å². The van der Waals surface area contributed by atoms with Crippen molar-refractivity contribution in [1.82, 2.24) is 0 Å². The summed E-state index contributed by atoms with van der Waals surface area (Å²) in [4.78, 5) is 10.4. The molecule has 0 fully saturated rings. The van der Waals surface area contributed by atoms with Crippen molar-refractivity contribution >= 4 is 33.9 Å². The normalized spacial score (nSPS) is 9.64. The number of carbonyl (C=O) groups excluding carboxylic acids is 1. The van der Waals surface area contributed by atoms with Crippen molar-refractivity contribution in [1.29, 1.82) is 0 Å². The molecule has 0 unspecified atom stereocenters. The van der Waals surface area contributed by atoms with E-state index in [4.69, 9.17) is 11.6 Å². The fourth-order valence-electron chi connectivity index (χ4n) is 0.302. The fraction of sp³-hybridized carbons (Fsp3) is 0.143. The highest BCUT2D eigenvalue weighted by Gasteiger charge is 1.99. The number of halogens is 1. The van der Waals surface area contributed by atoms with E-state index < -0.39 is 5.24 Å². The predicted molar refractivity (Wildman–Crippen MR) is 48.7 cm³/mol. The van der Waals surface area contributed by atoms with Crippen molar-refractivity contribution in [3.63, 3.8) is 0 Å². The largest absolute Gasteiger partial charge is 0.497 e. The minimum absolute atomic E-state index is 0.0462. The molecule has 0 bridgehead atoms. The first-order valence-electron chi connectivity index (χ1n) is 2.72. The molecule has 2 nitrogen and oxygen atoms in total. The molecular weight excluding hydrogens is 184 g/mol. The Morgan fingerprint density at radius 2 is 2.18 bits per heavy atom. The van der Waals surface area contributed by atoms with Gasteiger partial charge in [0.25, 0.3) is 5.24 Å². The Balaban J connectivity index is 4.04. The van der Waals surface area contributed by atoms with Gasteiger partial charge in [0, 0.05) is 0 Å². The summed E-state index contributed by atoms with van der Waals surface area (Å²) in [6.07, 6.45) is 2.85.